The summed E-state index contributed by atoms with van der Waals surface area (Å²) in [6, 6.07) is 0.0309. The molecule has 1 atom stereocenters. The van der Waals surface area contributed by atoms with E-state index in [1.807, 2.05) is 0 Å². The van der Waals surface area contributed by atoms with Gasteiger partial charge in [0.15, 0.2) is 0 Å². The van der Waals surface area contributed by atoms with Crippen molar-refractivity contribution in [2.24, 2.45) is 0 Å². The van der Waals surface area contributed by atoms with Gasteiger partial charge in [-0.3, -0.25) is 9.59 Å². The van der Waals surface area contributed by atoms with Crippen molar-refractivity contribution >= 4 is 11.8 Å². The Labute approximate surface area is 103 Å². The summed E-state index contributed by atoms with van der Waals surface area (Å²) in [7, 11) is 0. The van der Waals surface area contributed by atoms with Crippen molar-refractivity contribution in [2.45, 2.75) is 69.9 Å². The monoisotopic (exact) mass is 238 g/mol. The number of carbonyl (C=O) groups is 2. The van der Waals surface area contributed by atoms with Crippen molar-refractivity contribution < 1.29 is 9.59 Å². The van der Waals surface area contributed by atoms with E-state index in [2.05, 4.69) is 10.6 Å². The van der Waals surface area contributed by atoms with E-state index in [4.69, 9.17) is 0 Å². The third kappa shape index (κ3) is 3.72. The van der Waals surface area contributed by atoms with Gasteiger partial charge in [0.05, 0.1) is 0 Å². The van der Waals surface area contributed by atoms with Crippen LogP contribution < -0.4 is 10.6 Å². The van der Waals surface area contributed by atoms with Crippen LogP contribution in [-0.2, 0) is 9.59 Å². The highest BCUT2D eigenvalue weighted by Gasteiger charge is 2.26. The number of hydrogen-bond acceptors (Lipinski definition) is 2. The van der Waals surface area contributed by atoms with Crippen molar-refractivity contribution in [3.63, 3.8) is 0 Å². The van der Waals surface area contributed by atoms with Crippen molar-refractivity contribution in [1.82, 2.24) is 10.6 Å². The molecule has 0 aromatic carbocycles. The van der Waals surface area contributed by atoms with Crippen LogP contribution in [0.3, 0.4) is 0 Å². The Bertz CT molecular complexity index is 283. The lowest BCUT2D eigenvalue weighted by atomic mass is 10.0. The molecule has 0 bridgehead atoms. The fourth-order valence-electron chi connectivity index (χ4n) is 2.73. The molecule has 0 radical (unpaired) electrons. The lowest BCUT2D eigenvalue weighted by Gasteiger charge is -2.25. The smallest absolute Gasteiger partial charge is 0.242 e. The van der Waals surface area contributed by atoms with Gasteiger partial charge in [0.2, 0.25) is 11.8 Å². The summed E-state index contributed by atoms with van der Waals surface area (Å²) < 4.78 is 0. The minimum Gasteiger partial charge on any atom is -0.352 e. The second-order valence-electron chi connectivity index (χ2n) is 5.21. The molecular formula is C13H22N2O2. The van der Waals surface area contributed by atoms with E-state index in [0.29, 0.717) is 12.5 Å². The molecule has 4 nitrogen and oxygen atoms in total. The second kappa shape index (κ2) is 6.03. The molecular weight excluding hydrogens is 216 g/mol. The predicted molar refractivity (Wildman–Crippen MR) is 65.4 cm³/mol. The summed E-state index contributed by atoms with van der Waals surface area (Å²) in [5, 5.41) is 5.87. The number of amides is 2. The minimum atomic E-state index is -0.292. The highest BCUT2D eigenvalue weighted by molar-refractivity contribution is 5.88. The lowest BCUT2D eigenvalue weighted by molar-refractivity contribution is -0.131. The van der Waals surface area contributed by atoms with Crippen molar-refractivity contribution in [1.29, 1.82) is 0 Å². The molecule has 0 spiro atoms. The molecule has 1 heterocycles. The van der Waals surface area contributed by atoms with Crippen LogP contribution in [0.4, 0.5) is 0 Å². The van der Waals surface area contributed by atoms with E-state index < -0.39 is 0 Å². The molecule has 17 heavy (non-hydrogen) atoms. The molecule has 0 aromatic rings. The molecule has 0 aromatic heterocycles. The Kier molecular flexibility index (Phi) is 4.40. The zero-order chi connectivity index (χ0) is 12.1. The first kappa shape index (κ1) is 12.4. The van der Waals surface area contributed by atoms with Gasteiger partial charge in [0.1, 0.15) is 6.04 Å². The average molecular weight is 238 g/mol. The molecule has 1 saturated heterocycles. The highest BCUT2D eigenvalue weighted by atomic mass is 16.2. The quantitative estimate of drug-likeness (QED) is 0.716. The third-order valence-corrected chi connectivity index (χ3v) is 3.75. The van der Waals surface area contributed by atoms with Crippen LogP contribution in [0.15, 0.2) is 0 Å². The lowest BCUT2D eigenvalue weighted by Crippen LogP contribution is -2.51. The summed E-state index contributed by atoms with van der Waals surface area (Å²) in [5.74, 6) is 0.0298. The Balaban J connectivity index is 1.80. The maximum Gasteiger partial charge on any atom is 0.242 e. The minimum absolute atomic E-state index is 0.0114. The van der Waals surface area contributed by atoms with Crippen LogP contribution >= 0.6 is 0 Å². The molecule has 96 valence electrons. The molecule has 2 aliphatic rings. The molecule has 2 fully saturated rings. The summed E-state index contributed by atoms with van der Waals surface area (Å²) in [6.07, 6.45) is 9.34. The van der Waals surface area contributed by atoms with Gasteiger partial charge in [-0.1, -0.05) is 25.7 Å². The van der Waals surface area contributed by atoms with E-state index >= 15 is 0 Å². The van der Waals surface area contributed by atoms with Crippen molar-refractivity contribution in [2.75, 3.05) is 0 Å². The first-order valence-electron chi connectivity index (χ1n) is 6.85. The van der Waals surface area contributed by atoms with E-state index in [9.17, 15) is 9.59 Å². The largest absolute Gasteiger partial charge is 0.352 e. The van der Waals surface area contributed by atoms with Crippen LogP contribution in [0.2, 0.25) is 0 Å². The number of piperidine rings is 1. The summed E-state index contributed by atoms with van der Waals surface area (Å²) in [4.78, 5) is 23.2. The van der Waals surface area contributed by atoms with Gasteiger partial charge in [0.25, 0.3) is 0 Å². The molecule has 2 N–H and O–H groups in total. The highest BCUT2D eigenvalue weighted by Crippen LogP contribution is 2.17. The van der Waals surface area contributed by atoms with Gasteiger partial charge >= 0.3 is 0 Å². The van der Waals surface area contributed by atoms with Crippen molar-refractivity contribution in [3.05, 3.63) is 0 Å². The SMILES string of the molecule is O=C1CCC[C@H](C(=O)NC2CCCCCC2)N1. The van der Waals surface area contributed by atoms with Crippen LogP contribution in [0.5, 0.6) is 0 Å². The zero-order valence-electron chi connectivity index (χ0n) is 10.3. The summed E-state index contributed by atoms with van der Waals surface area (Å²) in [5.41, 5.74) is 0. The normalized spacial score (nSPS) is 27.1. The second-order valence-corrected chi connectivity index (χ2v) is 5.21. The van der Waals surface area contributed by atoms with E-state index in [1.165, 1.54) is 25.7 Å². The van der Waals surface area contributed by atoms with E-state index in [0.717, 1.165) is 25.7 Å². The predicted octanol–water partition coefficient (Wildman–Crippen LogP) is 1.49. The number of carbonyl (C=O) groups excluding carboxylic acids is 2. The molecule has 0 unspecified atom stereocenters. The molecule has 4 heteroatoms. The molecule has 1 aliphatic carbocycles. The van der Waals surface area contributed by atoms with Gasteiger partial charge in [-0.2, -0.15) is 0 Å². The molecule has 1 aliphatic heterocycles. The van der Waals surface area contributed by atoms with Crippen LogP contribution in [0.25, 0.3) is 0 Å². The fourth-order valence-corrected chi connectivity index (χ4v) is 2.73. The Morgan fingerprint density at radius 3 is 2.41 bits per heavy atom. The van der Waals surface area contributed by atoms with Crippen LogP contribution in [0, 0.1) is 0 Å². The molecule has 2 rings (SSSR count). The van der Waals surface area contributed by atoms with Gasteiger partial charge in [-0.15, -0.1) is 0 Å². The Morgan fingerprint density at radius 2 is 1.76 bits per heavy atom. The third-order valence-electron chi connectivity index (χ3n) is 3.75. The van der Waals surface area contributed by atoms with Gasteiger partial charge < -0.3 is 10.6 Å². The number of nitrogens with one attached hydrogen (secondary N) is 2. The average Bonchev–Trinajstić information content (AvgIpc) is 2.57. The Hall–Kier alpha value is -1.06. The first-order chi connectivity index (χ1) is 8.25. The zero-order valence-corrected chi connectivity index (χ0v) is 10.3. The maximum absolute atomic E-state index is 12.0. The van der Waals surface area contributed by atoms with Crippen molar-refractivity contribution in [3.8, 4) is 0 Å². The standard InChI is InChI=1S/C13H22N2O2/c16-12-9-5-8-11(15-12)13(17)14-10-6-3-1-2-4-7-10/h10-11H,1-9H2,(H,14,17)(H,15,16)/t11-/m1/s1. The van der Waals surface area contributed by atoms with Gasteiger partial charge in [0, 0.05) is 12.5 Å². The maximum atomic E-state index is 12.0. The van der Waals surface area contributed by atoms with E-state index in [-0.39, 0.29) is 17.9 Å². The Morgan fingerprint density at radius 1 is 1.06 bits per heavy atom. The number of rotatable bonds is 2. The topological polar surface area (TPSA) is 58.2 Å². The summed E-state index contributed by atoms with van der Waals surface area (Å²) >= 11 is 0. The van der Waals surface area contributed by atoms with Gasteiger partial charge in [-0.05, 0) is 25.7 Å². The molecule has 2 amide bonds. The molecule has 1 saturated carbocycles. The first-order valence-corrected chi connectivity index (χ1v) is 6.85. The van der Waals surface area contributed by atoms with E-state index in [1.54, 1.807) is 0 Å². The number of hydrogen-bond donors (Lipinski definition) is 2. The fraction of sp³-hybridized carbons (Fsp3) is 0.846. The van der Waals surface area contributed by atoms with Crippen LogP contribution in [-0.4, -0.2) is 23.9 Å². The van der Waals surface area contributed by atoms with Crippen LogP contribution in [0.1, 0.15) is 57.8 Å². The van der Waals surface area contributed by atoms with Gasteiger partial charge in [-0.25, -0.2) is 0 Å². The summed E-state index contributed by atoms with van der Waals surface area (Å²) in [6.45, 7) is 0.